The molecule has 2 aromatic carbocycles. The number of nitrogens with one attached hydrogen (secondary N) is 2. The second-order valence-electron chi connectivity index (χ2n) is 6.31. The summed E-state index contributed by atoms with van der Waals surface area (Å²) in [6.07, 6.45) is 0. The lowest BCUT2D eigenvalue weighted by Crippen LogP contribution is -2.35. The van der Waals surface area contributed by atoms with Crippen LogP contribution in [0.4, 0.5) is 5.69 Å². The fourth-order valence-electron chi connectivity index (χ4n) is 2.59. The van der Waals surface area contributed by atoms with Crippen LogP contribution >= 0.6 is 0 Å². The maximum Gasteiger partial charge on any atom is 0.313 e. The third-order valence-electron chi connectivity index (χ3n) is 3.97. The van der Waals surface area contributed by atoms with Crippen molar-refractivity contribution in [2.45, 2.75) is 40.2 Å². The fraction of sp³-hybridized carbons (Fsp3) is 0.300. The monoisotopic (exact) mass is 324 g/mol. The highest BCUT2D eigenvalue weighted by atomic mass is 16.2. The van der Waals surface area contributed by atoms with Crippen molar-refractivity contribution in [3.8, 4) is 0 Å². The van der Waals surface area contributed by atoms with Crippen molar-refractivity contribution in [3.05, 3.63) is 64.7 Å². The van der Waals surface area contributed by atoms with E-state index in [1.54, 1.807) is 0 Å². The molecule has 0 bridgehead atoms. The van der Waals surface area contributed by atoms with Gasteiger partial charge in [-0.1, -0.05) is 55.8 Å². The zero-order valence-corrected chi connectivity index (χ0v) is 14.6. The molecule has 2 amide bonds. The number of amides is 2. The Bertz CT molecular complexity index is 751. The highest BCUT2D eigenvalue weighted by molar-refractivity contribution is 6.39. The Labute approximate surface area is 143 Å². The molecule has 0 heterocycles. The molecule has 4 heteroatoms. The molecule has 126 valence electrons. The molecule has 0 spiro atoms. The van der Waals surface area contributed by atoms with E-state index in [9.17, 15) is 9.59 Å². The number of carbonyl (C=O) groups is 2. The summed E-state index contributed by atoms with van der Waals surface area (Å²) in [6, 6.07) is 13.5. The predicted molar refractivity (Wildman–Crippen MR) is 96.9 cm³/mol. The first-order valence-corrected chi connectivity index (χ1v) is 8.12. The molecule has 2 rings (SSSR count). The van der Waals surface area contributed by atoms with Crippen molar-refractivity contribution in [1.82, 2.24) is 5.32 Å². The van der Waals surface area contributed by atoms with E-state index in [2.05, 4.69) is 16.7 Å². The lowest BCUT2D eigenvalue weighted by atomic mass is 10.0. The third-order valence-corrected chi connectivity index (χ3v) is 3.97. The van der Waals surface area contributed by atoms with Crippen molar-refractivity contribution >= 4 is 17.5 Å². The zero-order chi connectivity index (χ0) is 17.7. The molecule has 4 nitrogen and oxygen atoms in total. The Balaban J connectivity index is 1.99. The molecule has 0 aliphatic heterocycles. The van der Waals surface area contributed by atoms with Gasteiger partial charge in [-0.25, -0.2) is 0 Å². The van der Waals surface area contributed by atoms with Gasteiger partial charge in [-0.3, -0.25) is 9.59 Å². The van der Waals surface area contributed by atoms with E-state index >= 15 is 0 Å². The summed E-state index contributed by atoms with van der Waals surface area (Å²) in [7, 11) is 0. The van der Waals surface area contributed by atoms with Crippen LogP contribution < -0.4 is 10.6 Å². The molecule has 0 radical (unpaired) electrons. The zero-order valence-electron chi connectivity index (χ0n) is 14.6. The van der Waals surface area contributed by atoms with Gasteiger partial charge in [0.1, 0.15) is 0 Å². The summed E-state index contributed by atoms with van der Waals surface area (Å²) < 4.78 is 0. The minimum absolute atomic E-state index is 0.264. The molecule has 0 unspecified atom stereocenters. The summed E-state index contributed by atoms with van der Waals surface area (Å²) in [4.78, 5) is 24.2. The molecule has 0 saturated carbocycles. The van der Waals surface area contributed by atoms with Crippen molar-refractivity contribution < 1.29 is 9.59 Å². The van der Waals surface area contributed by atoms with E-state index in [0.717, 1.165) is 16.7 Å². The number of hydrogen-bond acceptors (Lipinski definition) is 2. The minimum atomic E-state index is -0.645. The molecule has 2 aromatic rings. The van der Waals surface area contributed by atoms with Gasteiger partial charge in [0.15, 0.2) is 0 Å². The van der Waals surface area contributed by atoms with Gasteiger partial charge in [0.05, 0.1) is 0 Å². The molecular formula is C20H24N2O2. The number of hydrogen-bond donors (Lipinski definition) is 2. The summed E-state index contributed by atoms with van der Waals surface area (Å²) in [5.41, 5.74) is 4.96. The highest BCUT2D eigenvalue weighted by Gasteiger charge is 2.16. The van der Waals surface area contributed by atoms with Crippen LogP contribution in [0.2, 0.25) is 0 Å². The first-order valence-electron chi connectivity index (χ1n) is 8.12. The number of carbonyl (C=O) groups excluding carboxylic acids is 2. The average Bonchev–Trinajstić information content (AvgIpc) is 2.54. The number of aryl methyl sites for hydroxylation is 2. The number of para-hydroxylation sites is 1. The molecule has 0 aliphatic carbocycles. The van der Waals surface area contributed by atoms with Crippen molar-refractivity contribution in [2.75, 3.05) is 5.32 Å². The lowest BCUT2D eigenvalue weighted by molar-refractivity contribution is -0.136. The van der Waals surface area contributed by atoms with Crippen LogP contribution in [0.1, 0.15) is 42.0 Å². The number of anilines is 1. The van der Waals surface area contributed by atoms with Gasteiger partial charge >= 0.3 is 11.8 Å². The van der Waals surface area contributed by atoms with Crippen molar-refractivity contribution in [2.24, 2.45) is 0 Å². The second-order valence-corrected chi connectivity index (χ2v) is 6.31. The van der Waals surface area contributed by atoms with Gasteiger partial charge in [-0.05, 0) is 42.5 Å². The van der Waals surface area contributed by atoms with Gasteiger partial charge < -0.3 is 10.6 Å². The molecule has 2 N–H and O–H groups in total. The Morgan fingerprint density at radius 2 is 1.71 bits per heavy atom. The quantitative estimate of drug-likeness (QED) is 0.843. The SMILES string of the molecule is Cc1ccc(CNC(=O)C(=O)Nc2ccccc2C(C)C)c(C)c1. The number of rotatable bonds is 4. The van der Waals surface area contributed by atoms with Gasteiger partial charge in [0, 0.05) is 12.2 Å². The predicted octanol–water partition coefficient (Wildman–Crippen LogP) is 3.68. The van der Waals surface area contributed by atoms with E-state index in [1.807, 2.05) is 64.1 Å². The summed E-state index contributed by atoms with van der Waals surface area (Å²) in [6.45, 7) is 8.45. The van der Waals surface area contributed by atoms with Crippen LogP contribution in [-0.2, 0) is 16.1 Å². The van der Waals surface area contributed by atoms with Crippen LogP contribution in [0.25, 0.3) is 0 Å². The van der Waals surface area contributed by atoms with E-state index in [-0.39, 0.29) is 5.92 Å². The lowest BCUT2D eigenvalue weighted by Gasteiger charge is -2.13. The largest absolute Gasteiger partial charge is 0.344 e. The second kappa shape index (κ2) is 7.77. The van der Waals surface area contributed by atoms with E-state index < -0.39 is 11.8 Å². The smallest absolute Gasteiger partial charge is 0.313 e. The maximum absolute atomic E-state index is 12.1. The van der Waals surface area contributed by atoms with Gasteiger partial charge in [0.25, 0.3) is 0 Å². The minimum Gasteiger partial charge on any atom is -0.344 e. The highest BCUT2D eigenvalue weighted by Crippen LogP contribution is 2.23. The molecule has 24 heavy (non-hydrogen) atoms. The molecular weight excluding hydrogens is 300 g/mol. The van der Waals surface area contributed by atoms with Crippen LogP contribution in [0.5, 0.6) is 0 Å². The van der Waals surface area contributed by atoms with Gasteiger partial charge in [-0.15, -0.1) is 0 Å². The maximum atomic E-state index is 12.1. The molecule has 0 aromatic heterocycles. The van der Waals surface area contributed by atoms with E-state index in [1.165, 1.54) is 5.56 Å². The van der Waals surface area contributed by atoms with E-state index in [4.69, 9.17) is 0 Å². The Kier molecular flexibility index (Phi) is 5.74. The van der Waals surface area contributed by atoms with Crippen LogP contribution in [-0.4, -0.2) is 11.8 Å². The van der Waals surface area contributed by atoms with Crippen molar-refractivity contribution in [1.29, 1.82) is 0 Å². The molecule has 0 saturated heterocycles. The standard InChI is InChI=1S/C20H24N2O2/c1-13(2)17-7-5-6-8-18(17)22-20(24)19(23)21-12-16-10-9-14(3)11-15(16)4/h5-11,13H,12H2,1-4H3,(H,21,23)(H,22,24). The molecule has 0 aliphatic rings. The van der Waals surface area contributed by atoms with Crippen molar-refractivity contribution in [3.63, 3.8) is 0 Å². The van der Waals surface area contributed by atoms with Crippen LogP contribution in [0, 0.1) is 13.8 Å². The number of benzene rings is 2. The summed E-state index contributed by atoms with van der Waals surface area (Å²) in [5, 5.41) is 5.38. The normalized spacial score (nSPS) is 10.5. The first kappa shape index (κ1) is 17.7. The van der Waals surface area contributed by atoms with Gasteiger partial charge in [0.2, 0.25) is 0 Å². The summed E-state index contributed by atoms with van der Waals surface area (Å²) in [5.74, 6) is -1.01. The molecule has 0 fully saturated rings. The molecule has 0 atom stereocenters. The van der Waals surface area contributed by atoms with E-state index in [0.29, 0.717) is 12.2 Å². The van der Waals surface area contributed by atoms with Crippen LogP contribution in [0.3, 0.4) is 0 Å². The average molecular weight is 324 g/mol. The summed E-state index contributed by atoms with van der Waals surface area (Å²) >= 11 is 0. The van der Waals surface area contributed by atoms with Crippen LogP contribution in [0.15, 0.2) is 42.5 Å². The Morgan fingerprint density at radius 3 is 2.38 bits per heavy atom. The first-order chi connectivity index (χ1) is 11.4. The fourth-order valence-corrected chi connectivity index (χ4v) is 2.59. The Hall–Kier alpha value is -2.62. The third kappa shape index (κ3) is 4.44. The Morgan fingerprint density at radius 1 is 1.00 bits per heavy atom. The van der Waals surface area contributed by atoms with Gasteiger partial charge in [-0.2, -0.15) is 0 Å². The topological polar surface area (TPSA) is 58.2 Å².